The number of quaternary nitrogens is 1. The summed E-state index contributed by atoms with van der Waals surface area (Å²) in [5.41, 5.74) is -1.12. The number of hydroxylamine groups is 3. The number of hydrogen-bond acceptors (Lipinski definition) is 6. The van der Waals surface area contributed by atoms with Crippen molar-refractivity contribution in [1.82, 2.24) is 0 Å². The molecule has 0 amide bonds. The van der Waals surface area contributed by atoms with Crippen LogP contribution in [-0.2, 0) is 14.3 Å². The van der Waals surface area contributed by atoms with Crippen molar-refractivity contribution in [3.63, 3.8) is 0 Å². The van der Waals surface area contributed by atoms with Crippen molar-refractivity contribution in [2.45, 2.75) is 51.0 Å². The first kappa shape index (κ1) is 18.4. The number of fused-ring (bicyclic) bond motifs is 1. The Hall–Kier alpha value is -0.990. The highest BCUT2D eigenvalue weighted by atomic mass is 16.6. The molecule has 0 bridgehead atoms. The van der Waals surface area contributed by atoms with Gasteiger partial charge in [0, 0.05) is 19.1 Å². The molecule has 0 unspecified atom stereocenters. The number of aliphatic hydroxyl groups excluding tert-OH is 1. The zero-order chi connectivity index (χ0) is 17.4. The number of esters is 1. The standard InChI is InChI=1S/C16H27NO6/c1-10(2)16(20,11(3)22-4)15(19)23-9-12-5-7-17(21)8-6-13(18)14(12)17/h5,10-11,13-14,18,20H,6-9H2,1-4H3/t11-,13+,14+,16+,17+/m1/s1. The Morgan fingerprint density at radius 1 is 1.52 bits per heavy atom. The highest BCUT2D eigenvalue weighted by molar-refractivity contribution is 5.80. The van der Waals surface area contributed by atoms with E-state index in [9.17, 15) is 20.2 Å². The Labute approximate surface area is 136 Å². The maximum atomic E-state index is 12.5. The van der Waals surface area contributed by atoms with Crippen LogP contribution < -0.4 is 0 Å². The Balaban J connectivity index is 2.04. The molecule has 0 aromatic heterocycles. The third-order valence-electron chi connectivity index (χ3n) is 5.27. The summed E-state index contributed by atoms with van der Waals surface area (Å²) < 4.78 is 9.92. The van der Waals surface area contributed by atoms with Crippen LogP contribution in [0, 0.1) is 11.1 Å². The van der Waals surface area contributed by atoms with Gasteiger partial charge in [-0.3, -0.25) is 0 Å². The molecule has 1 fully saturated rings. The predicted octanol–water partition coefficient (Wildman–Crippen LogP) is 0.339. The number of ether oxygens (including phenoxy) is 2. The lowest BCUT2D eigenvalue weighted by Gasteiger charge is -2.40. The van der Waals surface area contributed by atoms with E-state index in [2.05, 4.69) is 0 Å². The third kappa shape index (κ3) is 3.04. The highest BCUT2D eigenvalue weighted by Gasteiger charge is 2.49. The lowest BCUT2D eigenvalue weighted by Crippen LogP contribution is -2.54. The van der Waals surface area contributed by atoms with Crippen LogP contribution in [0.15, 0.2) is 11.6 Å². The van der Waals surface area contributed by atoms with Gasteiger partial charge in [0.2, 0.25) is 0 Å². The summed E-state index contributed by atoms with van der Waals surface area (Å²) >= 11 is 0. The molecule has 0 radical (unpaired) electrons. The largest absolute Gasteiger partial charge is 0.632 e. The van der Waals surface area contributed by atoms with Crippen molar-refractivity contribution in [3.05, 3.63) is 16.9 Å². The second-order valence-electron chi connectivity index (χ2n) is 6.87. The van der Waals surface area contributed by atoms with E-state index in [1.807, 2.05) is 0 Å². The lowest BCUT2D eigenvalue weighted by molar-refractivity contribution is -0.877. The first-order valence-corrected chi connectivity index (χ1v) is 8.04. The van der Waals surface area contributed by atoms with E-state index in [1.165, 1.54) is 7.11 Å². The van der Waals surface area contributed by atoms with Gasteiger partial charge in [-0.25, -0.2) is 4.79 Å². The van der Waals surface area contributed by atoms with Gasteiger partial charge in [-0.2, -0.15) is 0 Å². The van der Waals surface area contributed by atoms with Crippen molar-refractivity contribution in [2.24, 2.45) is 5.92 Å². The average molecular weight is 329 g/mol. The van der Waals surface area contributed by atoms with Gasteiger partial charge >= 0.3 is 5.97 Å². The molecule has 23 heavy (non-hydrogen) atoms. The van der Waals surface area contributed by atoms with Gasteiger partial charge in [0.05, 0.1) is 19.2 Å². The maximum Gasteiger partial charge on any atom is 0.341 e. The number of hydrogen-bond donors (Lipinski definition) is 2. The molecule has 2 N–H and O–H groups in total. The molecule has 0 saturated carbocycles. The molecular weight excluding hydrogens is 302 g/mol. The summed E-state index contributed by atoms with van der Waals surface area (Å²) in [6.07, 6.45) is 0.762. The molecule has 0 aromatic rings. The van der Waals surface area contributed by atoms with E-state index in [1.54, 1.807) is 26.8 Å². The molecule has 132 valence electrons. The van der Waals surface area contributed by atoms with Crippen molar-refractivity contribution in [2.75, 3.05) is 26.8 Å². The van der Waals surface area contributed by atoms with Gasteiger partial charge in [0.1, 0.15) is 18.8 Å². The molecule has 0 aliphatic carbocycles. The normalized spacial score (nSPS) is 34.0. The predicted molar refractivity (Wildman–Crippen MR) is 83.1 cm³/mol. The van der Waals surface area contributed by atoms with Gasteiger partial charge < -0.3 is 29.5 Å². The minimum absolute atomic E-state index is 0.0890. The van der Waals surface area contributed by atoms with Gasteiger partial charge in [0.25, 0.3) is 0 Å². The molecular formula is C16H27NO6. The van der Waals surface area contributed by atoms with Gasteiger partial charge in [0.15, 0.2) is 5.60 Å². The molecule has 5 atom stereocenters. The van der Waals surface area contributed by atoms with E-state index in [4.69, 9.17) is 9.47 Å². The first-order chi connectivity index (χ1) is 10.7. The first-order valence-electron chi connectivity index (χ1n) is 8.04. The number of rotatable bonds is 6. The second-order valence-corrected chi connectivity index (χ2v) is 6.87. The number of nitrogens with zero attached hydrogens (tertiary/aromatic N) is 1. The van der Waals surface area contributed by atoms with E-state index < -0.39 is 40.4 Å². The average Bonchev–Trinajstić information content (AvgIpc) is 2.99. The molecule has 2 heterocycles. The van der Waals surface area contributed by atoms with Gasteiger partial charge in [-0.15, -0.1) is 0 Å². The smallest absolute Gasteiger partial charge is 0.341 e. The van der Waals surface area contributed by atoms with Gasteiger partial charge in [-0.05, 0) is 18.9 Å². The van der Waals surface area contributed by atoms with Crippen molar-refractivity contribution in [1.29, 1.82) is 0 Å². The topological polar surface area (TPSA) is 99.1 Å². The van der Waals surface area contributed by atoms with Crippen LogP contribution in [-0.4, -0.2) is 71.5 Å². The van der Waals surface area contributed by atoms with Gasteiger partial charge in [-0.1, -0.05) is 13.8 Å². The molecule has 2 rings (SSSR count). The summed E-state index contributed by atoms with van der Waals surface area (Å²) in [5, 5.41) is 33.2. The molecule has 2 aliphatic rings. The fraction of sp³-hybridized carbons (Fsp3) is 0.812. The number of methoxy groups -OCH3 is 1. The zero-order valence-electron chi connectivity index (χ0n) is 14.2. The molecule has 2 aliphatic heterocycles. The SMILES string of the molecule is CO[C@H](C)[C@](O)(C(=O)OCC1=CC[N@+]2([O-])CC[C@H](O)[C@H]12)C(C)C. The minimum Gasteiger partial charge on any atom is -0.632 e. The molecule has 7 heteroatoms. The van der Waals surface area contributed by atoms with E-state index >= 15 is 0 Å². The van der Waals surface area contributed by atoms with Crippen LogP contribution in [0.25, 0.3) is 0 Å². The van der Waals surface area contributed by atoms with E-state index in [0.29, 0.717) is 18.5 Å². The van der Waals surface area contributed by atoms with Crippen molar-refractivity contribution >= 4 is 5.97 Å². The fourth-order valence-electron chi connectivity index (χ4n) is 3.57. The Morgan fingerprint density at radius 3 is 2.74 bits per heavy atom. The van der Waals surface area contributed by atoms with Crippen LogP contribution in [0.4, 0.5) is 0 Å². The maximum absolute atomic E-state index is 12.5. The van der Waals surface area contributed by atoms with Crippen molar-refractivity contribution in [3.8, 4) is 0 Å². The van der Waals surface area contributed by atoms with E-state index in [0.717, 1.165) is 0 Å². The highest BCUT2D eigenvalue weighted by Crippen LogP contribution is 2.36. The quantitative estimate of drug-likeness (QED) is 0.315. The Kier molecular flexibility index (Phi) is 5.18. The summed E-state index contributed by atoms with van der Waals surface area (Å²) in [5.74, 6) is -1.17. The van der Waals surface area contributed by atoms with E-state index in [-0.39, 0.29) is 13.2 Å². The Bertz CT molecular complexity index is 493. The van der Waals surface area contributed by atoms with Crippen LogP contribution in [0.5, 0.6) is 0 Å². The second kappa shape index (κ2) is 6.49. The van der Waals surface area contributed by atoms with Crippen LogP contribution in [0.1, 0.15) is 27.2 Å². The minimum atomic E-state index is -1.76. The lowest BCUT2D eigenvalue weighted by atomic mass is 9.85. The number of carbonyl (C=O) groups excluding carboxylic acids is 1. The monoisotopic (exact) mass is 329 g/mol. The number of carbonyl (C=O) groups is 1. The van der Waals surface area contributed by atoms with Crippen molar-refractivity contribution < 1.29 is 29.1 Å². The molecule has 0 spiro atoms. The fourth-order valence-corrected chi connectivity index (χ4v) is 3.57. The summed E-state index contributed by atoms with van der Waals surface area (Å²) in [4.78, 5) is 12.4. The summed E-state index contributed by atoms with van der Waals surface area (Å²) in [6, 6.07) is -0.560. The number of aliphatic hydroxyl groups is 2. The third-order valence-corrected chi connectivity index (χ3v) is 5.27. The molecule has 1 saturated heterocycles. The molecule has 7 nitrogen and oxygen atoms in total. The Morgan fingerprint density at radius 2 is 2.17 bits per heavy atom. The molecule has 0 aromatic carbocycles. The summed E-state index contributed by atoms with van der Waals surface area (Å²) in [7, 11) is 1.42. The van der Waals surface area contributed by atoms with Crippen LogP contribution >= 0.6 is 0 Å². The van der Waals surface area contributed by atoms with Crippen LogP contribution in [0.3, 0.4) is 0 Å². The van der Waals surface area contributed by atoms with Crippen LogP contribution in [0.2, 0.25) is 0 Å². The summed E-state index contributed by atoms with van der Waals surface area (Å²) in [6.45, 7) is 5.61. The zero-order valence-corrected chi connectivity index (χ0v) is 14.2.